The SMILES string of the molecule is CC(C(N)=S)S(=O)(=O)Nc1c(F)cc(F)cc1Cl. The van der Waals surface area contributed by atoms with E-state index in [1.165, 1.54) is 6.92 Å². The maximum absolute atomic E-state index is 13.4. The van der Waals surface area contributed by atoms with E-state index in [1.807, 2.05) is 4.72 Å². The van der Waals surface area contributed by atoms with Crippen LogP contribution in [0.4, 0.5) is 14.5 Å². The molecule has 0 radical (unpaired) electrons. The Bertz CT molecular complexity index is 569. The molecular weight excluding hydrogens is 306 g/mol. The molecule has 0 aliphatic rings. The molecule has 0 fully saturated rings. The lowest BCUT2D eigenvalue weighted by Gasteiger charge is -2.15. The van der Waals surface area contributed by atoms with Gasteiger partial charge in [-0.2, -0.15) is 0 Å². The monoisotopic (exact) mass is 314 g/mol. The molecule has 0 heterocycles. The minimum Gasteiger partial charge on any atom is -0.392 e. The van der Waals surface area contributed by atoms with Crippen molar-refractivity contribution in [3.63, 3.8) is 0 Å². The van der Waals surface area contributed by atoms with E-state index in [2.05, 4.69) is 12.2 Å². The average Bonchev–Trinajstić information content (AvgIpc) is 2.22. The van der Waals surface area contributed by atoms with E-state index >= 15 is 0 Å². The number of hydrogen-bond acceptors (Lipinski definition) is 3. The van der Waals surface area contributed by atoms with Crippen LogP contribution in [0, 0.1) is 11.6 Å². The summed E-state index contributed by atoms with van der Waals surface area (Å²) in [6.07, 6.45) is 0. The normalized spacial score (nSPS) is 13.1. The predicted octanol–water partition coefficient (Wildman–Crippen LogP) is 2.03. The van der Waals surface area contributed by atoms with Gasteiger partial charge < -0.3 is 5.73 Å². The second-order valence-electron chi connectivity index (χ2n) is 3.44. The number of benzene rings is 1. The first-order valence-electron chi connectivity index (χ1n) is 4.60. The maximum atomic E-state index is 13.4. The molecule has 9 heteroatoms. The molecule has 0 amide bonds. The fourth-order valence-electron chi connectivity index (χ4n) is 1.02. The van der Waals surface area contributed by atoms with Crippen LogP contribution in [0.1, 0.15) is 6.92 Å². The van der Waals surface area contributed by atoms with Crippen LogP contribution in [0.3, 0.4) is 0 Å². The van der Waals surface area contributed by atoms with Gasteiger partial charge in [-0.25, -0.2) is 17.2 Å². The van der Waals surface area contributed by atoms with Gasteiger partial charge in [0.15, 0.2) is 5.82 Å². The number of rotatable bonds is 4. The Balaban J connectivity index is 3.17. The van der Waals surface area contributed by atoms with Gasteiger partial charge >= 0.3 is 0 Å². The summed E-state index contributed by atoms with van der Waals surface area (Å²) in [5.74, 6) is -2.04. The zero-order valence-electron chi connectivity index (χ0n) is 9.08. The minimum atomic E-state index is -4.03. The Morgan fingerprint density at radius 3 is 2.50 bits per heavy atom. The van der Waals surface area contributed by atoms with Crippen molar-refractivity contribution in [3.05, 3.63) is 28.8 Å². The first-order chi connectivity index (χ1) is 8.15. The largest absolute Gasteiger partial charge is 0.392 e. The van der Waals surface area contributed by atoms with Crippen LogP contribution in [0.2, 0.25) is 5.02 Å². The van der Waals surface area contributed by atoms with E-state index in [4.69, 9.17) is 17.3 Å². The fraction of sp³-hybridized carbons (Fsp3) is 0.222. The Kier molecular flexibility index (Phi) is 4.46. The molecule has 1 atom stereocenters. The predicted molar refractivity (Wildman–Crippen MR) is 70.2 cm³/mol. The summed E-state index contributed by atoms with van der Waals surface area (Å²) < 4.78 is 51.5. The van der Waals surface area contributed by atoms with Gasteiger partial charge in [0.2, 0.25) is 10.0 Å². The Morgan fingerprint density at radius 2 is 2.06 bits per heavy atom. The second-order valence-corrected chi connectivity index (χ2v) is 6.32. The van der Waals surface area contributed by atoms with Crippen LogP contribution in [0.5, 0.6) is 0 Å². The fourth-order valence-corrected chi connectivity index (χ4v) is 2.68. The topological polar surface area (TPSA) is 72.2 Å². The molecule has 0 aromatic heterocycles. The number of anilines is 1. The molecule has 1 rings (SSSR count). The van der Waals surface area contributed by atoms with Gasteiger partial charge in [0.1, 0.15) is 16.8 Å². The molecule has 3 N–H and O–H groups in total. The van der Waals surface area contributed by atoms with E-state index in [1.54, 1.807) is 0 Å². The molecule has 0 spiro atoms. The van der Waals surface area contributed by atoms with Crippen LogP contribution in [-0.4, -0.2) is 18.7 Å². The van der Waals surface area contributed by atoms with E-state index in [0.717, 1.165) is 6.07 Å². The van der Waals surface area contributed by atoms with Gasteiger partial charge in [-0.05, 0) is 13.0 Å². The molecule has 0 aliphatic carbocycles. The maximum Gasteiger partial charge on any atom is 0.242 e. The summed E-state index contributed by atoms with van der Waals surface area (Å²) in [4.78, 5) is -0.277. The van der Waals surface area contributed by atoms with Crippen molar-refractivity contribution in [1.29, 1.82) is 0 Å². The molecular formula is C9H9ClF2N2O2S2. The van der Waals surface area contributed by atoms with Crippen LogP contribution < -0.4 is 10.5 Å². The standard InChI is InChI=1S/C9H9ClF2N2O2S2/c1-4(9(13)17)18(15,16)14-8-6(10)2-5(11)3-7(8)12/h2-4,14H,1H3,(H2,13,17). The van der Waals surface area contributed by atoms with Crippen molar-refractivity contribution in [1.82, 2.24) is 0 Å². The molecule has 18 heavy (non-hydrogen) atoms. The van der Waals surface area contributed by atoms with Gasteiger partial charge in [0.25, 0.3) is 0 Å². The highest BCUT2D eigenvalue weighted by atomic mass is 35.5. The lowest BCUT2D eigenvalue weighted by molar-refractivity contribution is 0.582. The highest BCUT2D eigenvalue weighted by molar-refractivity contribution is 7.95. The van der Waals surface area contributed by atoms with Gasteiger partial charge in [-0.1, -0.05) is 23.8 Å². The van der Waals surface area contributed by atoms with Gasteiger partial charge in [0, 0.05) is 6.07 Å². The Labute approximate surface area is 113 Å². The van der Waals surface area contributed by atoms with Gasteiger partial charge in [-0.15, -0.1) is 0 Å². The third-order valence-electron chi connectivity index (χ3n) is 2.12. The Hall–Kier alpha value is -0.990. The molecule has 1 unspecified atom stereocenters. The van der Waals surface area contributed by atoms with Crippen molar-refractivity contribution in [3.8, 4) is 0 Å². The number of sulfonamides is 1. The third kappa shape index (κ3) is 3.27. The van der Waals surface area contributed by atoms with Crippen LogP contribution in [0.25, 0.3) is 0 Å². The third-order valence-corrected chi connectivity index (χ3v) is 4.59. The van der Waals surface area contributed by atoms with Crippen molar-refractivity contribution >= 4 is 44.5 Å². The van der Waals surface area contributed by atoms with Crippen molar-refractivity contribution in [2.75, 3.05) is 4.72 Å². The van der Waals surface area contributed by atoms with Crippen molar-refractivity contribution in [2.24, 2.45) is 5.73 Å². The second kappa shape index (κ2) is 5.33. The zero-order chi connectivity index (χ0) is 14.1. The molecule has 0 aliphatic heterocycles. The van der Waals surface area contributed by atoms with E-state index in [-0.39, 0.29) is 4.99 Å². The first-order valence-corrected chi connectivity index (χ1v) is 6.94. The van der Waals surface area contributed by atoms with Crippen molar-refractivity contribution in [2.45, 2.75) is 12.2 Å². The minimum absolute atomic E-state index is 0.277. The molecule has 0 bridgehead atoms. The summed E-state index contributed by atoms with van der Waals surface area (Å²) in [6.45, 7) is 1.24. The Morgan fingerprint density at radius 1 is 1.50 bits per heavy atom. The average molecular weight is 315 g/mol. The number of nitrogens with two attached hydrogens (primary N) is 1. The highest BCUT2D eigenvalue weighted by Gasteiger charge is 2.25. The molecule has 0 saturated carbocycles. The van der Waals surface area contributed by atoms with Gasteiger partial charge in [0.05, 0.1) is 10.0 Å². The number of nitrogens with one attached hydrogen (secondary N) is 1. The number of thiocarbonyl (C=S) groups is 1. The zero-order valence-corrected chi connectivity index (χ0v) is 11.5. The quantitative estimate of drug-likeness (QED) is 0.834. The van der Waals surface area contributed by atoms with Crippen LogP contribution in [-0.2, 0) is 10.0 Å². The molecule has 4 nitrogen and oxygen atoms in total. The molecule has 1 aromatic carbocycles. The van der Waals surface area contributed by atoms with Gasteiger partial charge in [-0.3, -0.25) is 4.72 Å². The summed E-state index contributed by atoms with van der Waals surface area (Å²) >= 11 is 10.1. The lowest BCUT2D eigenvalue weighted by Crippen LogP contribution is -2.36. The van der Waals surface area contributed by atoms with Crippen LogP contribution >= 0.6 is 23.8 Å². The van der Waals surface area contributed by atoms with E-state index < -0.39 is 37.6 Å². The van der Waals surface area contributed by atoms with E-state index in [0.29, 0.717) is 6.07 Å². The summed E-state index contributed by atoms with van der Waals surface area (Å²) in [5, 5.41) is -1.61. The number of hydrogen-bond donors (Lipinski definition) is 2. The summed E-state index contributed by atoms with van der Waals surface area (Å²) in [7, 11) is -4.03. The van der Waals surface area contributed by atoms with Crippen molar-refractivity contribution < 1.29 is 17.2 Å². The smallest absolute Gasteiger partial charge is 0.242 e. The summed E-state index contributed by atoms with van der Waals surface area (Å²) in [5.41, 5.74) is 4.66. The van der Waals surface area contributed by atoms with Crippen LogP contribution in [0.15, 0.2) is 12.1 Å². The molecule has 1 aromatic rings. The van der Waals surface area contributed by atoms with E-state index in [9.17, 15) is 17.2 Å². The lowest BCUT2D eigenvalue weighted by atomic mass is 10.3. The molecule has 0 saturated heterocycles. The highest BCUT2D eigenvalue weighted by Crippen LogP contribution is 2.27. The molecule has 100 valence electrons. The number of halogens is 3. The first kappa shape index (κ1) is 15.1. The summed E-state index contributed by atoms with van der Waals surface area (Å²) in [6, 6.07) is 1.29.